The zero-order valence-electron chi connectivity index (χ0n) is 20.1. The maximum absolute atomic E-state index is 13.2. The summed E-state index contributed by atoms with van der Waals surface area (Å²) in [5.74, 6) is -0.595. The lowest BCUT2D eigenvalue weighted by molar-refractivity contribution is -0.140. The summed E-state index contributed by atoms with van der Waals surface area (Å²) in [5.41, 5.74) is 3.12. The maximum Gasteiger partial charge on any atom is 0.242 e. The molecule has 0 aromatic heterocycles. The molecule has 0 saturated heterocycles. The minimum atomic E-state index is -3.55. The van der Waals surface area contributed by atoms with E-state index in [4.69, 9.17) is 23.2 Å². The number of anilines is 1. The van der Waals surface area contributed by atoms with Crippen molar-refractivity contribution in [3.05, 3.63) is 63.1 Å². The van der Waals surface area contributed by atoms with Crippen LogP contribution in [0, 0.1) is 13.8 Å². The second kappa shape index (κ2) is 11.9. The van der Waals surface area contributed by atoms with E-state index in [1.165, 1.54) is 16.3 Å². The molecule has 7 nitrogen and oxygen atoms in total. The molecule has 1 N–H and O–H groups in total. The summed E-state index contributed by atoms with van der Waals surface area (Å²) < 4.78 is 26.2. The van der Waals surface area contributed by atoms with E-state index in [2.05, 4.69) is 5.32 Å². The number of sulfonamides is 1. The number of rotatable bonds is 10. The Morgan fingerprint density at radius 2 is 1.68 bits per heavy atom. The van der Waals surface area contributed by atoms with E-state index >= 15 is 0 Å². The zero-order valence-corrected chi connectivity index (χ0v) is 22.4. The minimum absolute atomic E-state index is 0.0589. The lowest BCUT2D eigenvalue weighted by Crippen LogP contribution is -2.46. The number of nitrogens with zero attached hydrogens (tertiary/aromatic N) is 2. The molecule has 186 valence electrons. The molecule has 0 aliphatic rings. The third-order valence-corrected chi connectivity index (χ3v) is 7.20. The zero-order chi connectivity index (χ0) is 25.6. The first-order valence-corrected chi connectivity index (χ1v) is 13.4. The van der Waals surface area contributed by atoms with Crippen LogP contribution in [0.4, 0.5) is 5.69 Å². The lowest BCUT2D eigenvalue weighted by Gasteiger charge is -2.29. The predicted molar refractivity (Wildman–Crippen MR) is 138 cm³/mol. The van der Waals surface area contributed by atoms with Gasteiger partial charge in [-0.1, -0.05) is 35.3 Å². The summed E-state index contributed by atoms with van der Waals surface area (Å²) >= 11 is 12.3. The van der Waals surface area contributed by atoms with Crippen LogP contribution in [0.15, 0.2) is 36.4 Å². The average Bonchev–Trinajstić information content (AvgIpc) is 2.73. The van der Waals surface area contributed by atoms with Crippen LogP contribution in [-0.4, -0.2) is 51.0 Å². The predicted octanol–water partition coefficient (Wildman–Crippen LogP) is 4.32. The summed E-state index contributed by atoms with van der Waals surface area (Å²) in [6.45, 7) is 5.70. The van der Waals surface area contributed by atoms with E-state index in [1.54, 1.807) is 37.3 Å². The van der Waals surface area contributed by atoms with Crippen LogP contribution in [0.2, 0.25) is 10.0 Å². The quantitative estimate of drug-likeness (QED) is 0.498. The fourth-order valence-electron chi connectivity index (χ4n) is 3.72. The van der Waals surface area contributed by atoms with Crippen molar-refractivity contribution >= 4 is 50.7 Å². The van der Waals surface area contributed by atoms with Crippen LogP contribution >= 0.6 is 23.2 Å². The Kier molecular flexibility index (Phi) is 9.79. The molecule has 2 aromatic rings. The van der Waals surface area contributed by atoms with Crippen LogP contribution < -0.4 is 9.62 Å². The molecular formula is C24H31Cl2N3O4S. The van der Waals surface area contributed by atoms with Crippen LogP contribution in [0.25, 0.3) is 0 Å². The molecule has 0 fully saturated rings. The van der Waals surface area contributed by atoms with Crippen molar-refractivity contribution in [2.45, 2.75) is 46.2 Å². The molecule has 0 heterocycles. The first-order valence-electron chi connectivity index (χ1n) is 10.8. The number of amides is 2. The van der Waals surface area contributed by atoms with E-state index < -0.39 is 16.1 Å². The highest BCUT2D eigenvalue weighted by Crippen LogP contribution is 2.25. The highest BCUT2D eigenvalue weighted by Gasteiger charge is 2.26. The molecule has 0 unspecified atom stereocenters. The largest absolute Gasteiger partial charge is 0.357 e. The van der Waals surface area contributed by atoms with Gasteiger partial charge in [0.1, 0.15) is 6.04 Å². The number of halogens is 2. The first-order chi connectivity index (χ1) is 15.8. The standard InChI is InChI=1S/C24H31Cl2N3O4S/c1-16-11-17(2)13-21(12-16)29(34(5,32)33)10-6-7-23(30)28(18(3)24(31)27-4)15-19-8-9-20(25)14-22(19)26/h8-9,11-14,18H,6-7,10,15H2,1-5H3,(H,27,31)/t18-/m0/s1. The molecule has 0 spiro atoms. The third kappa shape index (κ3) is 7.61. The van der Waals surface area contributed by atoms with Crippen LogP contribution in [0.3, 0.4) is 0 Å². The number of hydrogen-bond donors (Lipinski definition) is 1. The van der Waals surface area contributed by atoms with E-state index in [9.17, 15) is 18.0 Å². The molecule has 1 atom stereocenters. The van der Waals surface area contributed by atoms with Gasteiger partial charge >= 0.3 is 0 Å². The topological polar surface area (TPSA) is 86.8 Å². The van der Waals surface area contributed by atoms with Crippen molar-refractivity contribution in [3.63, 3.8) is 0 Å². The van der Waals surface area contributed by atoms with Crippen LogP contribution in [0.1, 0.15) is 36.5 Å². The van der Waals surface area contributed by atoms with E-state index in [1.807, 2.05) is 19.9 Å². The average molecular weight is 529 g/mol. The SMILES string of the molecule is CNC(=O)[C@H](C)N(Cc1ccc(Cl)cc1Cl)C(=O)CCCN(c1cc(C)cc(C)c1)S(C)(=O)=O. The molecule has 10 heteroatoms. The number of benzene rings is 2. The molecule has 2 amide bonds. The molecule has 0 aliphatic carbocycles. The van der Waals surface area contributed by atoms with Gasteiger partial charge in [-0.3, -0.25) is 13.9 Å². The molecular weight excluding hydrogens is 497 g/mol. The third-order valence-electron chi connectivity index (χ3n) is 5.42. The van der Waals surface area contributed by atoms with Gasteiger partial charge in [0.25, 0.3) is 0 Å². The van der Waals surface area contributed by atoms with Gasteiger partial charge in [0.2, 0.25) is 21.8 Å². The van der Waals surface area contributed by atoms with E-state index in [0.29, 0.717) is 21.3 Å². The van der Waals surface area contributed by atoms with Gasteiger partial charge < -0.3 is 10.2 Å². The Balaban J connectivity index is 2.20. The Hall–Kier alpha value is -2.29. The van der Waals surface area contributed by atoms with Crippen molar-refractivity contribution in [2.24, 2.45) is 0 Å². The van der Waals surface area contributed by atoms with Crippen molar-refractivity contribution in [1.82, 2.24) is 10.2 Å². The summed E-state index contributed by atoms with van der Waals surface area (Å²) in [6, 6.07) is 9.80. The first kappa shape index (κ1) is 28.0. The molecule has 0 saturated carbocycles. The van der Waals surface area contributed by atoms with Crippen molar-refractivity contribution in [1.29, 1.82) is 0 Å². The summed E-state index contributed by atoms with van der Waals surface area (Å²) in [4.78, 5) is 26.9. The maximum atomic E-state index is 13.2. The smallest absolute Gasteiger partial charge is 0.242 e. The van der Waals surface area contributed by atoms with Gasteiger partial charge in [0, 0.05) is 36.6 Å². The minimum Gasteiger partial charge on any atom is -0.357 e. The molecule has 0 bridgehead atoms. The summed E-state index contributed by atoms with van der Waals surface area (Å²) in [6.07, 6.45) is 1.49. The number of nitrogens with one attached hydrogen (secondary N) is 1. The van der Waals surface area contributed by atoms with Gasteiger partial charge in [-0.05, 0) is 68.1 Å². The number of hydrogen-bond acceptors (Lipinski definition) is 4. The van der Waals surface area contributed by atoms with Gasteiger partial charge in [0.15, 0.2) is 0 Å². The van der Waals surface area contributed by atoms with Crippen LogP contribution in [0.5, 0.6) is 0 Å². The number of carbonyl (C=O) groups is 2. The fraction of sp³-hybridized carbons (Fsp3) is 0.417. The van der Waals surface area contributed by atoms with Crippen molar-refractivity contribution < 1.29 is 18.0 Å². The Bertz CT molecular complexity index is 1130. The molecule has 0 radical (unpaired) electrons. The van der Waals surface area contributed by atoms with Gasteiger partial charge in [0.05, 0.1) is 11.9 Å². The molecule has 2 rings (SSSR count). The van der Waals surface area contributed by atoms with Gasteiger partial charge in [-0.15, -0.1) is 0 Å². The number of carbonyl (C=O) groups excluding carboxylic acids is 2. The van der Waals surface area contributed by atoms with Crippen molar-refractivity contribution in [3.8, 4) is 0 Å². The Morgan fingerprint density at radius 1 is 1.06 bits per heavy atom. The van der Waals surface area contributed by atoms with Gasteiger partial charge in [-0.2, -0.15) is 0 Å². The summed E-state index contributed by atoms with van der Waals surface area (Å²) in [7, 11) is -2.04. The molecule has 2 aromatic carbocycles. The Labute approximate surface area is 212 Å². The normalized spacial score (nSPS) is 12.2. The highest BCUT2D eigenvalue weighted by atomic mass is 35.5. The lowest BCUT2D eigenvalue weighted by atomic mass is 10.1. The summed E-state index contributed by atoms with van der Waals surface area (Å²) in [5, 5.41) is 3.43. The van der Waals surface area contributed by atoms with E-state index in [-0.39, 0.29) is 37.7 Å². The van der Waals surface area contributed by atoms with Crippen molar-refractivity contribution in [2.75, 3.05) is 24.2 Å². The Morgan fingerprint density at radius 3 is 2.21 bits per heavy atom. The molecule has 34 heavy (non-hydrogen) atoms. The van der Waals surface area contributed by atoms with Gasteiger partial charge in [-0.25, -0.2) is 8.42 Å². The number of aryl methyl sites for hydroxylation is 2. The highest BCUT2D eigenvalue weighted by molar-refractivity contribution is 7.92. The second-order valence-electron chi connectivity index (χ2n) is 8.33. The number of likely N-dealkylation sites (N-methyl/N-ethyl adjacent to an activating group) is 1. The van der Waals surface area contributed by atoms with Crippen LogP contribution in [-0.2, 0) is 26.2 Å². The van der Waals surface area contributed by atoms with E-state index in [0.717, 1.165) is 17.4 Å². The monoisotopic (exact) mass is 527 g/mol. The molecule has 0 aliphatic heterocycles. The second-order valence-corrected chi connectivity index (χ2v) is 11.1. The fourth-order valence-corrected chi connectivity index (χ4v) is 5.14.